The second-order valence-corrected chi connectivity index (χ2v) is 5.52. The number of halogens is 1. The molecule has 25 heavy (non-hydrogen) atoms. The maximum Gasteiger partial charge on any atom is 0.242 e. The Morgan fingerprint density at radius 1 is 1.20 bits per heavy atom. The number of carbonyl (C=O) groups excluding carboxylic acids is 2. The molecule has 1 aromatic heterocycles. The van der Waals surface area contributed by atoms with Gasteiger partial charge < -0.3 is 24.9 Å². The fraction of sp³-hybridized carbons (Fsp3) is 0.562. The number of hydrogen-bond donors (Lipinski definition) is 2. The fourth-order valence-electron chi connectivity index (χ4n) is 2.46. The van der Waals surface area contributed by atoms with Gasteiger partial charge in [-0.1, -0.05) is 0 Å². The minimum Gasteiger partial charge on any atom is -0.467 e. The molecule has 0 aliphatic carbocycles. The molecule has 2 N–H and O–H groups in total. The van der Waals surface area contributed by atoms with Crippen LogP contribution in [-0.2, 0) is 16.1 Å². The largest absolute Gasteiger partial charge is 0.467 e. The number of hydrogen-bond acceptors (Lipinski definition) is 4. The zero-order valence-electron chi connectivity index (χ0n) is 14.7. The van der Waals surface area contributed by atoms with Gasteiger partial charge in [0.1, 0.15) is 12.3 Å². The molecule has 2 heterocycles. The standard InChI is InChI=1S/C16H25N5O3.HI/c1-3-17-16(21-8-6-20(7-9-21)13(2)22)19-12-15(23)18-11-14-5-4-10-24-14;/h4-5,10H,3,6-9,11-12H2,1-2H3,(H,17,19)(H,18,23);1H. The average molecular weight is 463 g/mol. The molecule has 0 atom stereocenters. The van der Waals surface area contributed by atoms with Gasteiger partial charge in [-0.25, -0.2) is 4.99 Å². The maximum absolute atomic E-state index is 11.9. The first kappa shape index (κ1) is 21.3. The van der Waals surface area contributed by atoms with E-state index in [4.69, 9.17) is 4.42 Å². The fourth-order valence-corrected chi connectivity index (χ4v) is 2.46. The van der Waals surface area contributed by atoms with E-state index >= 15 is 0 Å². The van der Waals surface area contributed by atoms with Gasteiger partial charge in [0, 0.05) is 39.6 Å². The van der Waals surface area contributed by atoms with Gasteiger partial charge in [-0.15, -0.1) is 24.0 Å². The number of nitrogens with zero attached hydrogens (tertiary/aromatic N) is 3. The normalized spacial score (nSPS) is 14.7. The minimum absolute atomic E-state index is 0. The molecule has 0 saturated carbocycles. The van der Waals surface area contributed by atoms with Crippen LogP contribution in [0.5, 0.6) is 0 Å². The Kier molecular flexibility index (Phi) is 9.32. The van der Waals surface area contributed by atoms with E-state index in [1.165, 1.54) is 0 Å². The molecular formula is C16H26IN5O3. The highest BCUT2D eigenvalue weighted by Gasteiger charge is 2.21. The van der Waals surface area contributed by atoms with Gasteiger partial charge in [0.15, 0.2) is 5.96 Å². The molecule has 1 aliphatic rings. The lowest BCUT2D eigenvalue weighted by Crippen LogP contribution is -2.53. The summed E-state index contributed by atoms with van der Waals surface area (Å²) in [5.41, 5.74) is 0. The first-order valence-corrected chi connectivity index (χ1v) is 8.18. The highest BCUT2D eigenvalue weighted by atomic mass is 127. The third-order valence-corrected chi connectivity index (χ3v) is 3.77. The van der Waals surface area contributed by atoms with E-state index in [-0.39, 0.29) is 42.3 Å². The van der Waals surface area contributed by atoms with Gasteiger partial charge in [0.25, 0.3) is 0 Å². The van der Waals surface area contributed by atoms with Crippen LogP contribution in [0.4, 0.5) is 0 Å². The van der Waals surface area contributed by atoms with Gasteiger partial charge >= 0.3 is 0 Å². The molecule has 0 aromatic carbocycles. The average Bonchev–Trinajstić information content (AvgIpc) is 3.10. The van der Waals surface area contributed by atoms with Crippen molar-refractivity contribution < 1.29 is 14.0 Å². The monoisotopic (exact) mass is 463 g/mol. The van der Waals surface area contributed by atoms with Crippen LogP contribution in [0.3, 0.4) is 0 Å². The van der Waals surface area contributed by atoms with Crippen molar-refractivity contribution in [3.63, 3.8) is 0 Å². The number of carbonyl (C=O) groups is 2. The molecule has 0 bridgehead atoms. The van der Waals surface area contributed by atoms with Crippen molar-refractivity contribution >= 4 is 41.8 Å². The van der Waals surface area contributed by atoms with Crippen LogP contribution in [0.2, 0.25) is 0 Å². The number of furan rings is 1. The van der Waals surface area contributed by atoms with Crippen molar-refractivity contribution in [2.24, 2.45) is 4.99 Å². The van der Waals surface area contributed by atoms with E-state index in [0.29, 0.717) is 44.4 Å². The van der Waals surface area contributed by atoms with E-state index in [2.05, 4.69) is 20.5 Å². The van der Waals surface area contributed by atoms with Gasteiger partial charge in [-0.2, -0.15) is 0 Å². The second kappa shape index (κ2) is 11.0. The molecule has 2 amide bonds. The van der Waals surface area contributed by atoms with Crippen molar-refractivity contribution in [2.75, 3.05) is 39.3 Å². The van der Waals surface area contributed by atoms with Crippen LogP contribution in [0, 0.1) is 0 Å². The minimum atomic E-state index is -0.163. The Morgan fingerprint density at radius 2 is 1.88 bits per heavy atom. The third-order valence-electron chi connectivity index (χ3n) is 3.77. The molecule has 1 fully saturated rings. The zero-order valence-corrected chi connectivity index (χ0v) is 17.0. The van der Waals surface area contributed by atoms with Gasteiger partial charge in [-0.3, -0.25) is 9.59 Å². The number of piperazine rings is 1. The van der Waals surface area contributed by atoms with Crippen LogP contribution < -0.4 is 10.6 Å². The smallest absolute Gasteiger partial charge is 0.242 e. The van der Waals surface area contributed by atoms with Crippen LogP contribution in [-0.4, -0.2) is 66.8 Å². The lowest BCUT2D eigenvalue weighted by atomic mass is 10.3. The van der Waals surface area contributed by atoms with E-state index in [1.54, 1.807) is 19.3 Å². The predicted octanol–water partition coefficient (Wildman–Crippen LogP) is 0.643. The summed E-state index contributed by atoms with van der Waals surface area (Å²) in [6.07, 6.45) is 1.57. The van der Waals surface area contributed by atoms with E-state index < -0.39 is 0 Å². The molecule has 9 heteroatoms. The van der Waals surface area contributed by atoms with Crippen molar-refractivity contribution in [2.45, 2.75) is 20.4 Å². The second-order valence-electron chi connectivity index (χ2n) is 5.52. The number of guanidine groups is 1. The Bertz CT molecular complexity index is 568. The quantitative estimate of drug-likeness (QED) is 0.380. The first-order chi connectivity index (χ1) is 11.6. The van der Waals surface area contributed by atoms with Crippen LogP contribution in [0.15, 0.2) is 27.8 Å². The van der Waals surface area contributed by atoms with Crippen molar-refractivity contribution in [1.29, 1.82) is 0 Å². The summed E-state index contributed by atoms with van der Waals surface area (Å²) < 4.78 is 5.17. The summed E-state index contributed by atoms with van der Waals surface area (Å²) in [4.78, 5) is 31.6. The summed E-state index contributed by atoms with van der Waals surface area (Å²) in [5, 5.41) is 5.96. The van der Waals surface area contributed by atoms with Gasteiger partial charge in [0.05, 0.1) is 12.8 Å². The van der Waals surface area contributed by atoms with Crippen molar-refractivity contribution in [1.82, 2.24) is 20.4 Å². The predicted molar refractivity (Wildman–Crippen MR) is 106 cm³/mol. The number of rotatable bonds is 5. The molecule has 1 saturated heterocycles. The molecule has 2 rings (SSSR count). The Morgan fingerprint density at radius 3 is 2.44 bits per heavy atom. The topological polar surface area (TPSA) is 90.2 Å². The summed E-state index contributed by atoms with van der Waals surface area (Å²) in [5.74, 6) is 1.34. The highest BCUT2D eigenvalue weighted by Crippen LogP contribution is 2.03. The Balaban J connectivity index is 0.00000312. The molecule has 8 nitrogen and oxygen atoms in total. The summed E-state index contributed by atoms with van der Waals surface area (Å²) in [6.45, 7) is 7.45. The zero-order chi connectivity index (χ0) is 17.4. The van der Waals surface area contributed by atoms with Crippen molar-refractivity contribution in [3.05, 3.63) is 24.2 Å². The Labute approximate surface area is 165 Å². The SMILES string of the molecule is CCNC(=NCC(=O)NCc1ccco1)N1CCN(C(C)=O)CC1.I. The highest BCUT2D eigenvalue weighted by molar-refractivity contribution is 14.0. The maximum atomic E-state index is 11.9. The molecule has 0 radical (unpaired) electrons. The number of aliphatic imine (C=N–C) groups is 1. The number of amides is 2. The molecule has 0 spiro atoms. The number of nitrogens with one attached hydrogen (secondary N) is 2. The molecule has 1 aromatic rings. The van der Waals surface area contributed by atoms with Gasteiger partial charge in [-0.05, 0) is 19.1 Å². The lowest BCUT2D eigenvalue weighted by molar-refractivity contribution is -0.130. The molecule has 140 valence electrons. The van der Waals surface area contributed by atoms with E-state index in [0.717, 1.165) is 6.54 Å². The summed E-state index contributed by atoms with van der Waals surface area (Å²) in [6, 6.07) is 3.59. The first-order valence-electron chi connectivity index (χ1n) is 8.18. The molecular weight excluding hydrogens is 437 g/mol. The van der Waals surface area contributed by atoms with Crippen molar-refractivity contribution in [3.8, 4) is 0 Å². The van der Waals surface area contributed by atoms with Crippen LogP contribution >= 0.6 is 24.0 Å². The third kappa shape index (κ3) is 6.92. The Hall–Kier alpha value is -1.78. The van der Waals surface area contributed by atoms with E-state index in [1.807, 2.05) is 17.9 Å². The van der Waals surface area contributed by atoms with Crippen LogP contribution in [0.25, 0.3) is 0 Å². The lowest BCUT2D eigenvalue weighted by Gasteiger charge is -2.36. The summed E-state index contributed by atoms with van der Waals surface area (Å²) >= 11 is 0. The van der Waals surface area contributed by atoms with E-state index in [9.17, 15) is 9.59 Å². The molecule has 1 aliphatic heterocycles. The van der Waals surface area contributed by atoms with Crippen LogP contribution in [0.1, 0.15) is 19.6 Å². The summed E-state index contributed by atoms with van der Waals surface area (Å²) in [7, 11) is 0. The van der Waals surface area contributed by atoms with Gasteiger partial charge in [0.2, 0.25) is 11.8 Å². The molecule has 0 unspecified atom stereocenters.